The predicted octanol–water partition coefficient (Wildman–Crippen LogP) is 2.23. The van der Waals surface area contributed by atoms with E-state index in [0.29, 0.717) is 0 Å². The molecule has 2 heterocycles. The van der Waals surface area contributed by atoms with Gasteiger partial charge in [0, 0.05) is 18.8 Å². The number of amidine groups is 1. The van der Waals surface area contributed by atoms with Gasteiger partial charge in [-0.2, -0.15) is 10.2 Å². The maximum Gasteiger partial charge on any atom is 0.133 e. The summed E-state index contributed by atoms with van der Waals surface area (Å²) in [5.41, 5.74) is 0.517. The molecule has 0 radical (unpaired) electrons. The summed E-state index contributed by atoms with van der Waals surface area (Å²) >= 11 is 0. The van der Waals surface area contributed by atoms with Crippen LogP contribution in [0.25, 0.3) is 0 Å². The summed E-state index contributed by atoms with van der Waals surface area (Å²) in [6, 6.07) is 0. The van der Waals surface area contributed by atoms with E-state index in [9.17, 15) is 0 Å². The number of hydrogen-bond donors (Lipinski definition) is 1. The normalized spacial score (nSPS) is 21.1. The fourth-order valence-electron chi connectivity index (χ4n) is 2.20. The van der Waals surface area contributed by atoms with Crippen LogP contribution in [0.1, 0.15) is 40.5 Å². The molecule has 0 saturated heterocycles. The van der Waals surface area contributed by atoms with Crippen LogP contribution in [0.3, 0.4) is 0 Å². The Balaban J connectivity index is 2.09. The number of hydrogen-bond acceptors (Lipinski definition) is 5. The van der Waals surface area contributed by atoms with Crippen LogP contribution in [0.4, 0.5) is 0 Å². The lowest BCUT2D eigenvalue weighted by molar-refractivity contribution is 0.555. The van der Waals surface area contributed by atoms with Crippen molar-refractivity contribution in [1.82, 2.24) is 5.32 Å². The molecule has 5 heteroatoms. The molecule has 0 aromatic heterocycles. The smallest absolute Gasteiger partial charge is 0.133 e. The van der Waals surface area contributed by atoms with Gasteiger partial charge in [0.1, 0.15) is 16.9 Å². The van der Waals surface area contributed by atoms with Crippen LogP contribution < -0.4 is 5.32 Å². The molecule has 1 N–H and O–H groups in total. The van der Waals surface area contributed by atoms with Crippen molar-refractivity contribution in [2.75, 3.05) is 19.6 Å². The first-order valence-corrected chi connectivity index (χ1v) is 6.68. The summed E-state index contributed by atoms with van der Waals surface area (Å²) in [5, 5.41) is 12.3. The monoisotopic (exact) mass is 249 g/mol. The lowest BCUT2D eigenvalue weighted by Crippen LogP contribution is -2.39. The van der Waals surface area contributed by atoms with Gasteiger partial charge in [-0.3, -0.25) is 9.98 Å². The highest BCUT2D eigenvalue weighted by Gasteiger charge is 2.31. The molecule has 18 heavy (non-hydrogen) atoms. The van der Waals surface area contributed by atoms with Gasteiger partial charge in [-0.05, 0) is 40.5 Å². The third-order valence-corrected chi connectivity index (χ3v) is 3.38. The van der Waals surface area contributed by atoms with Crippen LogP contribution in [0.5, 0.6) is 0 Å². The van der Waals surface area contributed by atoms with Crippen molar-refractivity contribution in [3.63, 3.8) is 0 Å². The molecule has 0 aromatic rings. The molecule has 2 rings (SSSR count). The van der Waals surface area contributed by atoms with Crippen LogP contribution in [0.15, 0.2) is 20.2 Å². The topological polar surface area (TPSA) is 61.5 Å². The van der Waals surface area contributed by atoms with E-state index >= 15 is 0 Å². The van der Waals surface area contributed by atoms with Gasteiger partial charge in [-0.15, -0.1) is 0 Å². The standard InChI is InChI=1S/C13H23N5/c1-12(2,10-6-5-7-14-10)17-18-13(3,4)11-15-8-9-16-11/h5-9H2,1-4H3,(H,15,16). The minimum Gasteiger partial charge on any atom is -0.370 e. The van der Waals surface area contributed by atoms with Gasteiger partial charge in [0.25, 0.3) is 0 Å². The average Bonchev–Trinajstić information content (AvgIpc) is 2.99. The molecule has 0 aromatic carbocycles. The lowest BCUT2D eigenvalue weighted by Gasteiger charge is -2.23. The van der Waals surface area contributed by atoms with E-state index in [1.807, 2.05) is 13.8 Å². The maximum absolute atomic E-state index is 4.53. The Labute approximate surface area is 109 Å². The minimum absolute atomic E-state index is 0.285. The van der Waals surface area contributed by atoms with Gasteiger partial charge >= 0.3 is 0 Å². The van der Waals surface area contributed by atoms with E-state index in [2.05, 4.69) is 39.4 Å². The lowest BCUT2D eigenvalue weighted by atomic mass is 9.97. The zero-order valence-electron chi connectivity index (χ0n) is 11.8. The fraction of sp³-hybridized carbons (Fsp3) is 0.846. The molecule has 0 atom stereocenters. The third-order valence-electron chi connectivity index (χ3n) is 3.38. The maximum atomic E-state index is 4.53. The summed E-state index contributed by atoms with van der Waals surface area (Å²) < 4.78 is 0. The van der Waals surface area contributed by atoms with Crippen LogP contribution in [-0.4, -0.2) is 42.3 Å². The minimum atomic E-state index is -0.368. The highest BCUT2D eigenvalue weighted by Crippen LogP contribution is 2.23. The Morgan fingerprint density at radius 1 is 1.00 bits per heavy atom. The number of nitrogens with zero attached hydrogens (tertiary/aromatic N) is 4. The molecule has 0 bridgehead atoms. The van der Waals surface area contributed by atoms with Crippen LogP contribution in [0, 0.1) is 0 Å². The second-order valence-electron chi connectivity index (χ2n) is 5.91. The molecule has 0 amide bonds. The van der Waals surface area contributed by atoms with Crippen molar-refractivity contribution >= 4 is 11.5 Å². The van der Waals surface area contributed by atoms with Crippen LogP contribution in [-0.2, 0) is 0 Å². The molecule has 2 aliphatic rings. The van der Waals surface area contributed by atoms with Gasteiger partial charge in [0.15, 0.2) is 0 Å². The zero-order chi connectivity index (χ0) is 13.2. The summed E-state index contributed by atoms with van der Waals surface area (Å²) in [6.45, 7) is 10.9. The first-order valence-electron chi connectivity index (χ1n) is 6.68. The summed E-state index contributed by atoms with van der Waals surface area (Å²) in [5.74, 6) is 0.940. The fourth-order valence-corrected chi connectivity index (χ4v) is 2.20. The number of rotatable bonds is 4. The number of nitrogens with one attached hydrogen (secondary N) is 1. The molecular formula is C13H23N5. The molecule has 100 valence electrons. The quantitative estimate of drug-likeness (QED) is 0.763. The highest BCUT2D eigenvalue weighted by molar-refractivity contribution is 5.94. The van der Waals surface area contributed by atoms with E-state index in [1.54, 1.807) is 0 Å². The SMILES string of the molecule is CC(C)(N=NC(C)(C)C1=NCCN1)C1=NCCC1. The Hall–Kier alpha value is -1.26. The molecule has 0 unspecified atom stereocenters. The second kappa shape index (κ2) is 4.78. The van der Waals surface area contributed by atoms with E-state index in [-0.39, 0.29) is 11.1 Å². The first-order chi connectivity index (χ1) is 8.42. The molecule has 0 saturated carbocycles. The number of azo groups is 1. The van der Waals surface area contributed by atoms with Gasteiger partial charge in [0.2, 0.25) is 0 Å². The molecule has 0 fully saturated rings. The first kappa shape index (κ1) is 13.2. The molecular weight excluding hydrogens is 226 g/mol. The Morgan fingerprint density at radius 3 is 2.28 bits per heavy atom. The molecule has 2 aliphatic heterocycles. The van der Waals surface area contributed by atoms with Gasteiger partial charge in [-0.1, -0.05) is 0 Å². The van der Waals surface area contributed by atoms with E-state index in [4.69, 9.17) is 0 Å². The van der Waals surface area contributed by atoms with Crippen molar-refractivity contribution in [1.29, 1.82) is 0 Å². The summed E-state index contributed by atoms with van der Waals surface area (Å²) in [4.78, 5) is 8.95. The van der Waals surface area contributed by atoms with Crippen molar-refractivity contribution < 1.29 is 0 Å². The highest BCUT2D eigenvalue weighted by atomic mass is 15.2. The van der Waals surface area contributed by atoms with Crippen molar-refractivity contribution in [3.05, 3.63) is 0 Å². The van der Waals surface area contributed by atoms with Gasteiger partial charge in [0.05, 0.1) is 6.54 Å². The van der Waals surface area contributed by atoms with Crippen LogP contribution in [0.2, 0.25) is 0 Å². The summed E-state index contributed by atoms with van der Waals surface area (Å²) in [6.07, 6.45) is 2.19. The molecule has 0 spiro atoms. The Bertz CT molecular complexity index is 366. The van der Waals surface area contributed by atoms with Crippen molar-refractivity contribution in [2.24, 2.45) is 20.2 Å². The molecule has 0 aliphatic carbocycles. The predicted molar refractivity (Wildman–Crippen MR) is 74.9 cm³/mol. The Kier molecular flexibility index (Phi) is 3.50. The van der Waals surface area contributed by atoms with Crippen LogP contribution >= 0.6 is 0 Å². The van der Waals surface area contributed by atoms with E-state index < -0.39 is 0 Å². The van der Waals surface area contributed by atoms with E-state index in [0.717, 1.165) is 38.3 Å². The summed E-state index contributed by atoms with van der Waals surface area (Å²) in [7, 11) is 0. The Morgan fingerprint density at radius 2 is 1.72 bits per heavy atom. The van der Waals surface area contributed by atoms with Crippen molar-refractivity contribution in [3.8, 4) is 0 Å². The van der Waals surface area contributed by atoms with Gasteiger partial charge < -0.3 is 5.32 Å². The molecule has 5 nitrogen and oxygen atoms in total. The second-order valence-corrected chi connectivity index (χ2v) is 5.91. The van der Waals surface area contributed by atoms with E-state index in [1.165, 1.54) is 5.71 Å². The zero-order valence-corrected chi connectivity index (χ0v) is 11.8. The number of aliphatic imine (C=N–C) groups is 2. The largest absolute Gasteiger partial charge is 0.370 e. The van der Waals surface area contributed by atoms with Crippen molar-refractivity contribution in [2.45, 2.75) is 51.6 Å². The van der Waals surface area contributed by atoms with Gasteiger partial charge in [-0.25, -0.2) is 0 Å². The third kappa shape index (κ3) is 2.76. The average molecular weight is 249 g/mol.